The minimum atomic E-state index is -3.96. The van der Waals surface area contributed by atoms with Gasteiger partial charge in [-0.2, -0.15) is 0 Å². The molecule has 39 heavy (non-hydrogen) atoms. The maximum Gasteiger partial charge on any atom is 0.264 e. The standard InChI is InChI=1S/C31H38N2O5S/c1-8-25(22-11-15-27(37-7)21(3)17-22)32-30(34)29-19-33(39(35,36)24-13-9-20(2)10-14-24)26-18-23(31(4,5)6)12-16-28(26)38-29/h9-18,25,29H,8,19H2,1-7H3,(H,32,34)/t25-,29-/m1/s1. The molecule has 1 amide bonds. The zero-order valence-electron chi connectivity index (χ0n) is 23.7. The summed E-state index contributed by atoms with van der Waals surface area (Å²) >= 11 is 0. The van der Waals surface area contributed by atoms with E-state index in [4.69, 9.17) is 9.47 Å². The first-order valence-electron chi connectivity index (χ1n) is 13.2. The summed E-state index contributed by atoms with van der Waals surface area (Å²) in [4.78, 5) is 13.7. The molecule has 0 radical (unpaired) electrons. The number of sulfonamides is 1. The summed E-state index contributed by atoms with van der Waals surface area (Å²) in [6, 6.07) is 17.8. The number of aryl methyl sites for hydroxylation is 2. The Balaban J connectivity index is 1.69. The molecular weight excluding hydrogens is 512 g/mol. The summed E-state index contributed by atoms with van der Waals surface area (Å²) in [7, 11) is -2.34. The average Bonchev–Trinajstić information content (AvgIpc) is 2.90. The fraction of sp³-hybridized carbons (Fsp3) is 0.387. The molecular formula is C31H38N2O5S. The van der Waals surface area contributed by atoms with Crippen molar-refractivity contribution in [2.75, 3.05) is 18.0 Å². The lowest BCUT2D eigenvalue weighted by molar-refractivity contribution is -0.128. The van der Waals surface area contributed by atoms with Gasteiger partial charge in [0.25, 0.3) is 15.9 Å². The molecule has 4 rings (SSSR count). The third-order valence-corrected chi connectivity index (χ3v) is 8.94. The van der Waals surface area contributed by atoms with E-state index in [2.05, 4.69) is 26.1 Å². The van der Waals surface area contributed by atoms with Crippen molar-refractivity contribution in [3.63, 3.8) is 0 Å². The molecule has 1 N–H and O–H groups in total. The average molecular weight is 551 g/mol. The van der Waals surface area contributed by atoms with Crippen molar-refractivity contribution in [2.45, 2.75) is 70.4 Å². The lowest BCUT2D eigenvalue weighted by atomic mass is 9.86. The van der Waals surface area contributed by atoms with Crippen LogP contribution in [0.2, 0.25) is 0 Å². The number of anilines is 1. The summed E-state index contributed by atoms with van der Waals surface area (Å²) in [5, 5.41) is 3.08. The lowest BCUT2D eigenvalue weighted by Crippen LogP contribution is -2.51. The van der Waals surface area contributed by atoms with Gasteiger partial charge in [-0.15, -0.1) is 0 Å². The van der Waals surface area contributed by atoms with E-state index in [1.807, 2.05) is 51.1 Å². The summed E-state index contributed by atoms with van der Waals surface area (Å²) in [6.45, 7) is 11.9. The highest BCUT2D eigenvalue weighted by Gasteiger charge is 2.38. The van der Waals surface area contributed by atoms with Crippen LogP contribution in [0.15, 0.2) is 65.6 Å². The van der Waals surface area contributed by atoms with Gasteiger partial charge in [-0.25, -0.2) is 8.42 Å². The van der Waals surface area contributed by atoms with Crippen LogP contribution < -0.4 is 19.1 Å². The van der Waals surface area contributed by atoms with Crippen LogP contribution in [0.3, 0.4) is 0 Å². The molecule has 8 heteroatoms. The number of carbonyl (C=O) groups excluding carboxylic acids is 1. The smallest absolute Gasteiger partial charge is 0.264 e. The second kappa shape index (κ2) is 10.9. The van der Waals surface area contributed by atoms with E-state index in [1.165, 1.54) is 4.31 Å². The van der Waals surface area contributed by atoms with Crippen molar-refractivity contribution in [3.8, 4) is 11.5 Å². The Bertz CT molecular complexity index is 1460. The molecule has 0 unspecified atom stereocenters. The van der Waals surface area contributed by atoms with E-state index >= 15 is 0 Å². The molecule has 208 valence electrons. The summed E-state index contributed by atoms with van der Waals surface area (Å²) in [6.07, 6.45) is -0.368. The quantitative estimate of drug-likeness (QED) is 0.400. The number of hydrogen-bond acceptors (Lipinski definition) is 5. The van der Waals surface area contributed by atoms with E-state index < -0.39 is 16.1 Å². The Kier molecular flexibility index (Phi) is 7.98. The fourth-order valence-electron chi connectivity index (χ4n) is 4.72. The van der Waals surface area contributed by atoms with Crippen LogP contribution in [0, 0.1) is 13.8 Å². The van der Waals surface area contributed by atoms with Crippen molar-refractivity contribution < 1.29 is 22.7 Å². The Morgan fingerprint density at radius 1 is 1.08 bits per heavy atom. The number of hydrogen-bond donors (Lipinski definition) is 1. The Labute approximate surface area is 232 Å². The monoisotopic (exact) mass is 550 g/mol. The zero-order chi connectivity index (χ0) is 28.5. The zero-order valence-corrected chi connectivity index (χ0v) is 24.6. The van der Waals surface area contributed by atoms with E-state index in [9.17, 15) is 13.2 Å². The maximum absolute atomic E-state index is 13.9. The molecule has 1 aliphatic rings. The highest BCUT2D eigenvalue weighted by Crippen LogP contribution is 2.40. The number of nitrogens with zero attached hydrogens (tertiary/aromatic N) is 1. The Morgan fingerprint density at radius 3 is 2.36 bits per heavy atom. The summed E-state index contributed by atoms with van der Waals surface area (Å²) < 4.78 is 40.7. The maximum atomic E-state index is 13.9. The lowest BCUT2D eigenvalue weighted by Gasteiger charge is -2.36. The second-order valence-electron chi connectivity index (χ2n) is 11.1. The number of methoxy groups -OCH3 is 1. The van der Waals surface area contributed by atoms with Gasteiger partial charge in [-0.1, -0.05) is 63.6 Å². The molecule has 0 saturated heterocycles. The van der Waals surface area contributed by atoms with Crippen molar-refractivity contribution in [1.29, 1.82) is 0 Å². The second-order valence-corrected chi connectivity index (χ2v) is 12.9. The first kappa shape index (κ1) is 28.5. The van der Waals surface area contributed by atoms with Crippen LogP contribution in [0.4, 0.5) is 5.69 Å². The normalized spacial score (nSPS) is 16.2. The van der Waals surface area contributed by atoms with E-state index in [1.54, 1.807) is 37.4 Å². The van der Waals surface area contributed by atoms with Crippen LogP contribution >= 0.6 is 0 Å². The van der Waals surface area contributed by atoms with Gasteiger partial charge in [0.1, 0.15) is 11.5 Å². The minimum Gasteiger partial charge on any atom is -0.496 e. The van der Waals surface area contributed by atoms with Gasteiger partial charge >= 0.3 is 0 Å². The molecule has 3 aromatic rings. The van der Waals surface area contributed by atoms with Crippen LogP contribution in [0.1, 0.15) is 62.4 Å². The predicted octanol–water partition coefficient (Wildman–Crippen LogP) is 5.83. The van der Waals surface area contributed by atoms with E-state index in [-0.39, 0.29) is 28.8 Å². The molecule has 3 aromatic carbocycles. The predicted molar refractivity (Wildman–Crippen MR) is 154 cm³/mol. The number of nitrogens with one attached hydrogen (secondary N) is 1. The molecule has 0 aliphatic carbocycles. The number of fused-ring (bicyclic) bond motifs is 1. The van der Waals surface area contributed by atoms with Crippen LogP contribution in [-0.2, 0) is 20.2 Å². The SMILES string of the molecule is CC[C@@H](NC(=O)[C@H]1CN(S(=O)(=O)c2ccc(C)cc2)c2cc(C(C)(C)C)ccc2O1)c1ccc(OC)c(C)c1. The highest BCUT2D eigenvalue weighted by atomic mass is 32.2. The Hall–Kier alpha value is -3.52. The number of ether oxygens (including phenoxy) is 2. The van der Waals surface area contributed by atoms with Crippen LogP contribution in [0.25, 0.3) is 0 Å². The van der Waals surface area contributed by atoms with Gasteiger partial charge in [0.2, 0.25) is 0 Å². The molecule has 1 aliphatic heterocycles. The molecule has 2 atom stereocenters. The van der Waals surface area contributed by atoms with Crippen LogP contribution in [-0.4, -0.2) is 34.1 Å². The number of benzene rings is 3. The topological polar surface area (TPSA) is 84.9 Å². The molecule has 0 bridgehead atoms. The van der Waals surface area contributed by atoms with Gasteiger partial charge in [-0.3, -0.25) is 9.10 Å². The van der Waals surface area contributed by atoms with Gasteiger partial charge in [-0.05, 0) is 72.7 Å². The Morgan fingerprint density at radius 2 is 1.77 bits per heavy atom. The van der Waals surface area contributed by atoms with Gasteiger partial charge in [0.05, 0.1) is 30.3 Å². The molecule has 0 saturated carbocycles. The van der Waals surface area contributed by atoms with Crippen LogP contribution in [0.5, 0.6) is 11.5 Å². The van der Waals surface area contributed by atoms with E-state index in [0.717, 1.165) is 28.0 Å². The molecule has 0 fully saturated rings. The highest BCUT2D eigenvalue weighted by molar-refractivity contribution is 7.92. The van der Waals surface area contributed by atoms with Crippen molar-refractivity contribution in [3.05, 3.63) is 82.9 Å². The molecule has 1 heterocycles. The van der Waals surface area contributed by atoms with Gasteiger partial charge < -0.3 is 14.8 Å². The van der Waals surface area contributed by atoms with Crippen molar-refractivity contribution in [2.24, 2.45) is 0 Å². The summed E-state index contributed by atoms with van der Waals surface area (Å²) in [5.74, 6) is 0.766. The third-order valence-electron chi connectivity index (χ3n) is 7.14. The van der Waals surface area contributed by atoms with Gasteiger partial charge in [0.15, 0.2) is 6.10 Å². The number of amides is 1. The first-order valence-corrected chi connectivity index (χ1v) is 14.6. The molecule has 0 spiro atoms. The molecule has 7 nitrogen and oxygen atoms in total. The largest absolute Gasteiger partial charge is 0.496 e. The number of carbonyl (C=O) groups is 1. The summed E-state index contributed by atoms with van der Waals surface area (Å²) in [5.41, 5.74) is 4.08. The minimum absolute atomic E-state index is 0.138. The molecule has 0 aromatic heterocycles. The fourth-order valence-corrected chi connectivity index (χ4v) is 6.19. The number of rotatable bonds is 7. The first-order chi connectivity index (χ1) is 18.3. The van der Waals surface area contributed by atoms with E-state index in [0.29, 0.717) is 17.9 Å². The van der Waals surface area contributed by atoms with Crippen molar-refractivity contribution >= 4 is 21.6 Å². The van der Waals surface area contributed by atoms with Crippen molar-refractivity contribution in [1.82, 2.24) is 5.32 Å². The van der Waals surface area contributed by atoms with Gasteiger partial charge in [0, 0.05) is 0 Å². The third kappa shape index (κ3) is 5.91.